The van der Waals surface area contributed by atoms with Crippen molar-refractivity contribution in [3.05, 3.63) is 59.4 Å². The Bertz CT molecular complexity index is 670. The Morgan fingerprint density at radius 2 is 2.00 bits per heavy atom. The average Bonchev–Trinajstić information content (AvgIpc) is 2.61. The third-order valence-electron chi connectivity index (χ3n) is 3.77. The summed E-state index contributed by atoms with van der Waals surface area (Å²) in [5.41, 5.74) is 3.59. The van der Waals surface area contributed by atoms with Gasteiger partial charge in [-0.05, 0) is 43.5 Å². The Kier molecular flexibility index (Phi) is 7.08. The number of benzene rings is 1. The van der Waals surface area contributed by atoms with E-state index in [4.69, 9.17) is 4.74 Å². The number of para-hydroxylation sites is 1. The van der Waals surface area contributed by atoms with Crippen LogP contribution in [0.5, 0.6) is 5.75 Å². The van der Waals surface area contributed by atoms with Crippen LogP contribution < -0.4 is 15.4 Å². The molecule has 0 unspecified atom stereocenters. The van der Waals surface area contributed by atoms with Crippen LogP contribution >= 0.6 is 0 Å². The van der Waals surface area contributed by atoms with Gasteiger partial charge in [0, 0.05) is 31.0 Å². The number of aromatic nitrogens is 1. The largest absolute Gasteiger partial charge is 0.496 e. The Morgan fingerprint density at radius 3 is 2.75 bits per heavy atom. The lowest BCUT2D eigenvalue weighted by molar-refractivity contribution is 0.410. The second-order valence-electron chi connectivity index (χ2n) is 5.49. The van der Waals surface area contributed by atoms with Gasteiger partial charge < -0.3 is 15.4 Å². The topological polar surface area (TPSA) is 58.5 Å². The molecule has 1 aromatic carbocycles. The third-order valence-corrected chi connectivity index (χ3v) is 3.77. The van der Waals surface area contributed by atoms with E-state index in [1.807, 2.05) is 36.7 Å². The van der Waals surface area contributed by atoms with Crippen molar-refractivity contribution in [2.75, 3.05) is 20.2 Å². The zero-order valence-electron chi connectivity index (χ0n) is 14.7. The van der Waals surface area contributed by atoms with Gasteiger partial charge in [0.25, 0.3) is 0 Å². The van der Waals surface area contributed by atoms with Gasteiger partial charge in [-0.25, -0.2) is 4.99 Å². The van der Waals surface area contributed by atoms with E-state index < -0.39 is 0 Å². The highest BCUT2D eigenvalue weighted by Gasteiger charge is 2.03. The molecule has 0 bridgehead atoms. The van der Waals surface area contributed by atoms with E-state index in [1.54, 1.807) is 7.11 Å². The lowest BCUT2D eigenvalue weighted by Gasteiger charge is -2.12. The average molecular weight is 326 g/mol. The molecule has 0 spiro atoms. The van der Waals surface area contributed by atoms with Gasteiger partial charge >= 0.3 is 0 Å². The molecular formula is C19H26N4O. The Hall–Kier alpha value is -2.56. The van der Waals surface area contributed by atoms with E-state index in [0.717, 1.165) is 36.8 Å². The van der Waals surface area contributed by atoms with Crippen LogP contribution in [0, 0.1) is 6.92 Å². The van der Waals surface area contributed by atoms with E-state index in [1.165, 1.54) is 11.1 Å². The first-order valence-corrected chi connectivity index (χ1v) is 8.28. The molecule has 128 valence electrons. The molecule has 2 rings (SSSR count). The summed E-state index contributed by atoms with van der Waals surface area (Å²) in [5.74, 6) is 1.68. The van der Waals surface area contributed by atoms with Crippen molar-refractivity contribution in [1.82, 2.24) is 15.6 Å². The van der Waals surface area contributed by atoms with Crippen molar-refractivity contribution < 1.29 is 4.74 Å². The first kappa shape index (κ1) is 17.8. The zero-order chi connectivity index (χ0) is 17.2. The van der Waals surface area contributed by atoms with Crippen molar-refractivity contribution in [2.24, 2.45) is 4.99 Å². The van der Waals surface area contributed by atoms with Gasteiger partial charge in [-0.15, -0.1) is 0 Å². The fourth-order valence-corrected chi connectivity index (χ4v) is 2.44. The van der Waals surface area contributed by atoms with Crippen LogP contribution in [-0.2, 0) is 13.0 Å². The van der Waals surface area contributed by atoms with Crippen molar-refractivity contribution >= 4 is 5.96 Å². The fourth-order valence-electron chi connectivity index (χ4n) is 2.44. The number of hydrogen-bond acceptors (Lipinski definition) is 3. The molecule has 0 aliphatic carbocycles. The molecule has 0 radical (unpaired) electrons. The molecule has 1 heterocycles. The van der Waals surface area contributed by atoms with E-state index in [-0.39, 0.29) is 0 Å². The highest BCUT2D eigenvalue weighted by Crippen LogP contribution is 2.17. The van der Waals surface area contributed by atoms with Crippen LogP contribution in [0.15, 0.2) is 47.7 Å². The summed E-state index contributed by atoms with van der Waals surface area (Å²) in [6.07, 6.45) is 4.67. The lowest BCUT2D eigenvalue weighted by Crippen LogP contribution is -2.38. The Morgan fingerprint density at radius 1 is 1.17 bits per heavy atom. The Balaban J connectivity index is 1.94. The second-order valence-corrected chi connectivity index (χ2v) is 5.49. The molecule has 2 aromatic rings. The van der Waals surface area contributed by atoms with Crippen LogP contribution in [0.4, 0.5) is 0 Å². The lowest BCUT2D eigenvalue weighted by atomic mass is 10.1. The van der Waals surface area contributed by atoms with Gasteiger partial charge in [-0.3, -0.25) is 4.98 Å². The number of nitrogens with zero attached hydrogens (tertiary/aromatic N) is 2. The molecule has 0 aliphatic heterocycles. The fraction of sp³-hybridized carbons (Fsp3) is 0.368. The molecule has 0 aliphatic rings. The number of methoxy groups -OCH3 is 1. The van der Waals surface area contributed by atoms with Crippen molar-refractivity contribution in [3.63, 3.8) is 0 Å². The van der Waals surface area contributed by atoms with Crippen molar-refractivity contribution in [3.8, 4) is 5.75 Å². The number of guanidine groups is 1. The number of aliphatic imine (C=N–C) groups is 1. The maximum Gasteiger partial charge on any atom is 0.191 e. The molecular weight excluding hydrogens is 300 g/mol. The van der Waals surface area contributed by atoms with Gasteiger partial charge in [-0.2, -0.15) is 0 Å². The quantitative estimate of drug-likeness (QED) is 0.607. The molecule has 0 saturated heterocycles. The minimum Gasteiger partial charge on any atom is -0.496 e. The maximum atomic E-state index is 5.37. The molecule has 1 aromatic heterocycles. The van der Waals surface area contributed by atoms with Crippen LogP contribution in [0.1, 0.15) is 23.6 Å². The second kappa shape index (κ2) is 9.55. The number of ether oxygens (including phenoxy) is 1. The number of aryl methyl sites for hydroxylation is 1. The summed E-state index contributed by atoms with van der Waals surface area (Å²) in [6.45, 7) is 6.37. The highest BCUT2D eigenvalue weighted by atomic mass is 16.5. The number of pyridine rings is 1. The van der Waals surface area contributed by atoms with Crippen molar-refractivity contribution in [1.29, 1.82) is 0 Å². The molecule has 5 nitrogen and oxygen atoms in total. The minimum absolute atomic E-state index is 0.577. The van der Waals surface area contributed by atoms with E-state index in [2.05, 4.69) is 40.5 Å². The summed E-state index contributed by atoms with van der Waals surface area (Å²) in [7, 11) is 1.68. The first-order chi connectivity index (χ1) is 11.7. The van der Waals surface area contributed by atoms with Crippen LogP contribution in [0.2, 0.25) is 0 Å². The Labute approximate surface area is 144 Å². The summed E-state index contributed by atoms with van der Waals surface area (Å²) >= 11 is 0. The summed E-state index contributed by atoms with van der Waals surface area (Å²) in [5, 5.41) is 6.66. The summed E-state index contributed by atoms with van der Waals surface area (Å²) < 4.78 is 5.37. The van der Waals surface area contributed by atoms with Crippen LogP contribution in [-0.4, -0.2) is 31.1 Å². The predicted octanol–water partition coefficient (Wildman–Crippen LogP) is 2.70. The monoisotopic (exact) mass is 326 g/mol. The molecule has 0 amide bonds. The van der Waals surface area contributed by atoms with E-state index >= 15 is 0 Å². The number of rotatable bonds is 7. The van der Waals surface area contributed by atoms with Gasteiger partial charge in [-0.1, -0.05) is 18.2 Å². The summed E-state index contributed by atoms with van der Waals surface area (Å²) in [6, 6.07) is 10.0. The summed E-state index contributed by atoms with van der Waals surface area (Å²) in [4.78, 5) is 8.78. The SMILES string of the molecule is CCNC(=NCc1ccccc1OC)NCCc1ccncc1C. The van der Waals surface area contributed by atoms with Gasteiger partial charge in [0.15, 0.2) is 5.96 Å². The molecule has 2 N–H and O–H groups in total. The normalized spacial score (nSPS) is 11.2. The number of hydrogen-bond donors (Lipinski definition) is 2. The maximum absolute atomic E-state index is 5.37. The zero-order valence-corrected chi connectivity index (χ0v) is 14.7. The smallest absolute Gasteiger partial charge is 0.191 e. The molecule has 24 heavy (non-hydrogen) atoms. The van der Waals surface area contributed by atoms with Crippen LogP contribution in [0.3, 0.4) is 0 Å². The van der Waals surface area contributed by atoms with E-state index in [0.29, 0.717) is 6.54 Å². The van der Waals surface area contributed by atoms with Gasteiger partial charge in [0.05, 0.1) is 13.7 Å². The minimum atomic E-state index is 0.577. The number of nitrogens with one attached hydrogen (secondary N) is 2. The molecule has 5 heteroatoms. The van der Waals surface area contributed by atoms with Crippen LogP contribution in [0.25, 0.3) is 0 Å². The molecule has 0 atom stereocenters. The van der Waals surface area contributed by atoms with Gasteiger partial charge in [0.1, 0.15) is 5.75 Å². The standard InChI is InChI=1S/C19H26N4O/c1-4-21-19(22-12-10-16-9-11-20-13-15(16)2)23-14-17-7-5-6-8-18(17)24-3/h5-9,11,13H,4,10,12,14H2,1-3H3,(H2,21,22,23). The molecule has 0 saturated carbocycles. The van der Waals surface area contributed by atoms with Crippen molar-refractivity contribution in [2.45, 2.75) is 26.8 Å². The highest BCUT2D eigenvalue weighted by molar-refractivity contribution is 5.79. The first-order valence-electron chi connectivity index (χ1n) is 8.28. The predicted molar refractivity (Wildman–Crippen MR) is 98.5 cm³/mol. The third kappa shape index (κ3) is 5.26. The van der Waals surface area contributed by atoms with E-state index in [9.17, 15) is 0 Å². The van der Waals surface area contributed by atoms with Gasteiger partial charge in [0.2, 0.25) is 0 Å². The molecule has 0 fully saturated rings.